The number of amides is 1. The number of carboxylic acid groups (broad SMARTS) is 1. The van der Waals surface area contributed by atoms with Crippen molar-refractivity contribution in [1.29, 1.82) is 0 Å². The monoisotopic (exact) mass is 285 g/mol. The molecule has 110 valence electrons. The van der Waals surface area contributed by atoms with Crippen molar-refractivity contribution in [2.45, 2.75) is 26.3 Å². The molecule has 0 saturated carbocycles. The van der Waals surface area contributed by atoms with Crippen LogP contribution < -0.4 is 5.32 Å². The van der Waals surface area contributed by atoms with Crippen LogP contribution in [0.3, 0.4) is 0 Å². The van der Waals surface area contributed by atoms with Crippen molar-refractivity contribution < 1.29 is 14.7 Å². The lowest BCUT2D eigenvalue weighted by atomic mass is 9.98. The molecule has 0 aromatic heterocycles. The molecule has 0 aliphatic carbocycles. The fourth-order valence-electron chi connectivity index (χ4n) is 2.23. The third kappa shape index (κ3) is 3.60. The standard InChI is InChI=1S/C17H19NO3/c1-11(2)16(19)18-15(17(20)21)10-13-8-5-7-12-6-3-4-9-14(12)13/h3-9,11,15H,10H2,1-2H3,(H,18,19)(H,20,21). The summed E-state index contributed by atoms with van der Waals surface area (Å²) in [4.78, 5) is 23.1. The number of rotatable bonds is 5. The first-order valence-electron chi connectivity index (χ1n) is 6.99. The van der Waals surface area contributed by atoms with Crippen LogP contribution in [-0.4, -0.2) is 23.0 Å². The molecule has 21 heavy (non-hydrogen) atoms. The quantitative estimate of drug-likeness (QED) is 0.887. The minimum Gasteiger partial charge on any atom is -0.480 e. The summed E-state index contributed by atoms with van der Waals surface area (Å²) in [6, 6.07) is 12.7. The molecule has 2 aromatic rings. The van der Waals surface area contributed by atoms with Gasteiger partial charge >= 0.3 is 5.97 Å². The number of carboxylic acids is 1. The van der Waals surface area contributed by atoms with Crippen LogP contribution in [0, 0.1) is 5.92 Å². The Labute approximate surface area is 123 Å². The minimum atomic E-state index is -1.02. The van der Waals surface area contributed by atoms with Crippen LogP contribution in [0.2, 0.25) is 0 Å². The lowest BCUT2D eigenvalue weighted by Crippen LogP contribution is -2.44. The van der Waals surface area contributed by atoms with E-state index in [1.807, 2.05) is 42.5 Å². The molecular weight excluding hydrogens is 266 g/mol. The number of fused-ring (bicyclic) bond motifs is 1. The maximum Gasteiger partial charge on any atom is 0.326 e. The van der Waals surface area contributed by atoms with Gasteiger partial charge in [0.15, 0.2) is 0 Å². The lowest BCUT2D eigenvalue weighted by Gasteiger charge is -2.17. The summed E-state index contributed by atoms with van der Waals surface area (Å²) in [5.74, 6) is -1.50. The Morgan fingerprint density at radius 1 is 1.10 bits per heavy atom. The molecule has 0 aliphatic rings. The Kier molecular flexibility index (Phi) is 4.58. The molecule has 0 fully saturated rings. The number of nitrogens with one attached hydrogen (secondary N) is 1. The van der Waals surface area contributed by atoms with E-state index in [0.717, 1.165) is 16.3 Å². The number of hydrogen-bond donors (Lipinski definition) is 2. The summed E-state index contributed by atoms with van der Waals surface area (Å²) in [5, 5.41) is 14.0. The van der Waals surface area contributed by atoms with E-state index in [2.05, 4.69) is 5.32 Å². The van der Waals surface area contributed by atoms with Gasteiger partial charge in [0, 0.05) is 12.3 Å². The fraction of sp³-hybridized carbons (Fsp3) is 0.294. The van der Waals surface area contributed by atoms with Gasteiger partial charge in [-0.25, -0.2) is 4.79 Å². The molecule has 4 heteroatoms. The molecule has 1 atom stereocenters. The molecule has 0 spiro atoms. The maximum atomic E-state index is 11.7. The Bertz CT molecular complexity index is 659. The molecule has 0 aliphatic heterocycles. The highest BCUT2D eigenvalue weighted by Gasteiger charge is 2.22. The third-order valence-corrected chi connectivity index (χ3v) is 3.44. The van der Waals surface area contributed by atoms with E-state index in [0.29, 0.717) is 0 Å². The molecule has 4 nitrogen and oxygen atoms in total. The highest BCUT2D eigenvalue weighted by molar-refractivity contribution is 5.88. The molecule has 2 N–H and O–H groups in total. The predicted octanol–water partition coefficient (Wildman–Crippen LogP) is 2.61. The first-order chi connectivity index (χ1) is 9.99. The van der Waals surface area contributed by atoms with Gasteiger partial charge in [-0.05, 0) is 16.3 Å². The molecular formula is C17H19NO3. The van der Waals surface area contributed by atoms with Gasteiger partial charge in [-0.2, -0.15) is 0 Å². The molecule has 1 unspecified atom stereocenters. The SMILES string of the molecule is CC(C)C(=O)NC(Cc1cccc2ccccc12)C(=O)O. The van der Waals surface area contributed by atoms with Crippen LogP contribution in [0.4, 0.5) is 0 Å². The van der Waals surface area contributed by atoms with Crippen molar-refractivity contribution in [2.24, 2.45) is 5.92 Å². The van der Waals surface area contributed by atoms with Crippen molar-refractivity contribution in [3.63, 3.8) is 0 Å². The van der Waals surface area contributed by atoms with E-state index in [4.69, 9.17) is 0 Å². The van der Waals surface area contributed by atoms with Gasteiger partial charge in [-0.1, -0.05) is 56.3 Å². The summed E-state index contributed by atoms with van der Waals surface area (Å²) in [5.41, 5.74) is 0.921. The third-order valence-electron chi connectivity index (χ3n) is 3.44. The number of aliphatic carboxylic acids is 1. The van der Waals surface area contributed by atoms with E-state index in [1.165, 1.54) is 0 Å². The zero-order chi connectivity index (χ0) is 15.4. The first-order valence-corrected chi connectivity index (χ1v) is 6.99. The van der Waals surface area contributed by atoms with Crippen LogP contribution in [0.5, 0.6) is 0 Å². The second kappa shape index (κ2) is 6.39. The van der Waals surface area contributed by atoms with Crippen molar-refractivity contribution >= 4 is 22.6 Å². The number of hydrogen-bond acceptors (Lipinski definition) is 2. The summed E-state index contributed by atoms with van der Waals surface area (Å²) < 4.78 is 0. The molecule has 0 heterocycles. The molecule has 0 bridgehead atoms. The van der Waals surface area contributed by atoms with Crippen LogP contribution >= 0.6 is 0 Å². The van der Waals surface area contributed by atoms with Gasteiger partial charge in [0.05, 0.1) is 0 Å². The topological polar surface area (TPSA) is 66.4 Å². The van der Waals surface area contributed by atoms with E-state index < -0.39 is 12.0 Å². The number of carbonyl (C=O) groups excluding carboxylic acids is 1. The van der Waals surface area contributed by atoms with Crippen LogP contribution in [0.1, 0.15) is 19.4 Å². The normalized spacial score (nSPS) is 12.3. The predicted molar refractivity (Wildman–Crippen MR) is 82.1 cm³/mol. The zero-order valence-electron chi connectivity index (χ0n) is 12.2. The Hall–Kier alpha value is -2.36. The van der Waals surface area contributed by atoms with E-state index in [1.54, 1.807) is 13.8 Å². The van der Waals surface area contributed by atoms with Gasteiger partial charge in [0.1, 0.15) is 6.04 Å². The number of benzene rings is 2. The lowest BCUT2D eigenvalue weighted by molar-refractivity contribution is -0.142. The Balaban J connectivity index is 2.27. The van der Waals surface area contributed by atoms with Crippen molar-refractivity contribution in [3.8, 4) is 0 Å². The maximum absolute atomic E-state index is 11.7. The summed E-state index contributed by atoms with van der Waals surface area (Å²) in [6.45, 7) is 3.48. The van der Waals surface area contributed by atoms with Crippen LogP contribution in [-0.2, 0) is 16.0 Å². The molecule has 1 amide bonds. The first kappa shape index (κ1) is 15.0. The molecule has 2 aromatic carbocycles. The minimum absolute atomic E-state index is 0.237. The van der Waals surface area contributed by atoms with Gasteiger partial charge in [-0.15, -0.1) is 0 Å². The Morgan fingerprint density at radius 2 is 1.76 bits per heavy atom. The van der Waals surface area contributed by atoms with Crippen LogP contribution in [0.25, 0.3) is 10.8 Å². The van der Waals surface area contributed by atoms with Crippen molar-refractivity contribution in [1.82, 2.24) is 5.32 Å². The largest absolute Gasteiger partial charge is 0.480 e. The highest BCUT2D eigenvalue weighted by Crippen LogP contribution is 2.20. The van der Waals surface area contributed by atoms with Gasteiger partial charge in [0.2, 0.25) is 5.91 Å². The fourth-order valence-corrected chi connectivity index (χ4v) is 2.23. The number of carbonyl (C=O) groups is 2. The summed E-state index contributed by atoms with van der Waals surface area (Å²) in [7, 11) is 0. The zero-order valence-corrected chi connectivity index (χ0v) is 12.2. The highest BCUT2D eigenvalue weighted by atomic mass is 16.4. The second-order valence-corrected chi connectivity index (χ2v) is 5.40. The molecule has 0 radical (unpaired) electrons. The summed E-state index contributed by atoms with van der Waals surface area (Å²) >= 11 is 0. The average Bonchev–Trinajstić information content (AvgIpc) is 2.46. The second-order valence-electron chi connectivity index (χ2n) is 5.40. The Morgan fingerprint density at radius 3 is 2.43 bits per heavy atom. The molecule has 0 saturated heterocycles. The van der Waals surface area contributed by atoms with E-state index in [-0.39, 0.29) is 18.2 Å². The van der Waals surface area contributed by atoms with E-state index >= 15 is 0 Å². The van der Waals surface area contributed by atoms with Crippen LogP contribution in [0.15, 0.2) is 42.5 Å². The van der Waals surface area contributed by atoms with Gasteiger partial charge in [0.25, 0.3) is 0 Å². The van der Waals surface area contributed by atoms with Gasteiger partial charge < -0.3 is 10.4 Å². The van der Waals surface area contributed by atoms with Crippen molar-refractivity contribution in [3.05, 3.63) is 48.0 Å². The average molecular weight is 285 g/mol. The van der Waals surface area contributed by atoms with E-state index in [9.17, 15) is 14.7 Å². The smallest absolute Gasteiger partial charge is 0.326 e. The van der Waals surface area contributed by atoms with Gasteiger partial charge in [-0.3, -0.25) is 4.79 Å². The van der Waals surface area contributed by atoms with Crippen molar-refractivity contribution in [2.75, 3.05) is 0 Å². The summed E-state index contributed by atoms with van der Waals surface area (Å²) in [6.07, 6.45) is 0.273. The molecule has 2 rings (SSSR count).